The molecule has 3 rings (SSSR count). The van der Waals surface area contributed by atoms with Gasteiger partial charge in [-0.05, 0) is 56.0 Å². The number of benzene rings is 2. The van der Waals surface area contributed by atoms with Gasteiger partial charge in [0.2, 0.25) is 15.9 Å². The monoisotopic (exact) mass is 525 g/mol. The number of anilines is 1. The number of amides is 2. The van der Waals surface area contributed by atoms with Gasteiger partial charge in [0.25, 0.3) is 5.91 Å². The van der Waals surface area contributed by atoms with Crippen molar-refractivity contribution in [2.75, 3.05) is 18.4 Å². The smallest absolute Gasteiger partial charge is 0.253 e. The van der Waals surface area contributed by atoms with Crippen molar-refractivity contribution in [1.29, 1.82) is 0 Å². The molecule has 7 nitrogen and oxygen atoms in total. The van der Waals surface area contributed by atoms with Gasteiger partial charge in [0.15, 0.2) is 0 Å². The van der Waals surface area contributed by atoms with Gasteiger partial charge in [-0.3, -0.25) is 9.59 Å². The Labute approximate surface area is 210 Å². The molecule has 0 bridgehead atoms. The zero-order chi connectivity index (χ0) is 24.9. The topological polar surface area (TPSA) is 95.6 Å². The van der Waals surface area contributed by atoms with E-state index in [0.717, 1.165) is 6.42 Å². The molecule has 1 aliphatic rings. The lowest BCUT2D eigenvalue weighted by molar-refractivity contribution is -0.120. The largest absolute Gasteiger partial charge is 0.350 e. The number of hydrogen-bond donors (Lipinski definition) is 2. The lowest BCUT2D eigenvalue weighted by Crippen LogP contribution is -2.42. The van der Waals surface area contributed by atoms with E-state index < -0.39 is 10.0 Å². The van der Waals surface area contributed by atoms with Crippen molar-refractivity contribution >= 4 is 50.7 Å². The fourth-order valence-corrected chi connectivity index (χ4v) is 5.63. The molecule has 184 valence electrons. The number of rotatable bonds is 8. The Morgan fingerprint density at radius 1 is 1.09 bits per heavy atom. The number of hydrogen-bond acceptors (Lipinski definition) is 4. The summed E-state index contributed by atoms with van der Waals surface area (Å²) in [5.41, 5.74) is 1.40. The highest BCUT2D eigenvalue weighted by molar-refractivity contribution is 7.88. The third-order valence-electron chi connectivity index (χ3n) is 5.97. The summed E-state index contributed by atoms with van der Waals surface area (Å²) in [5, 5.41) is 6.45. The second kappa shape index (κ2) is 11.5. The average molecular weight is 526 g/mol. The first-order valence-electron chi connectivity index (χ1n) is 11.2. The summed E-state index contributed by atoms with van der Waals surface area (Å²) in [6.07, 6.45) is 1.59. The number of nitrogens with zero attached hydrogens (tertiary/aromatic N) is 1. The van der Waals surface area contributed by atoms with Crippen molar-refractivity contribution in [2.24, 2.45) is 5.92 Å². The predicted molar refractivity (Wildman–Crippen MR) is 136 cm³/mol. The standard InChI is InChI=1S/C24H29Cl2N3O4S/c1-3-16(2)27-24(31)19-6-4-5-7-22(19)28-23(30)18-10-12-29(13-11-18)34(32,33)15-17-8-9-20(25)21(26)14-17/h4-9,14,16,18H,3,10-13,15H2,1-2H3,(H,27,31)(H,28,30)/t16-/m1/s1. The van der Waals surface area contributed by atoms with Crippen molar-refractivity contribution in [3.63, 3.8) is 0 Å². The molecule has 2 aromatic rings. The third-order valence-corrected chi connectivity index (χ3v) is 8.56. The van der Waals surface area contributed by atoms with Crippen LogP contribution in [0.15, 0.2) is 42.5 Å². The van der Waals surface area contributed by atoms with E-state index in [4.69, 9.17) is 23.2 Å². The Morgan fingerprint density at radius 3 is 2.41 bits per heavy atom. The molecule has 2 N–H and O–H groups in total. The number of sulfonamides is 1. The van der Waals surface area contributed by atoms with Crippen molar-refractivity contribution in [3.05, 3.63) is 63.6 Å². The number of para-hydroxylation sites is 1. The third kappa shape index (κ3) is 6.72. The first kappa shape index (κ1) is 26.5. The number of nitrogens with one attached hydrogen (secondary N) is 2. The maximum Gasteiger partial charge on any atom is 0.253 e. The van der Waals surface area contributed by atoms with Crippen molar-refractivity contribution in [1.82, 2.24) is 9.62 Å². The summed E-state index contributed by atoms with van der Waals surface area (Å²) in [4.78, 5) is 25.5. The fraction of sp³-hybridized carbons (Fsp3) is 0.417. The van der Waals surface area contributed by atoms with E-state index in [0.29, 0.717) is 39.7 Å². The van der Waals surface area contributed by atoms with E-state index in [1.807, 2.05) is 13.8 Å². The van der Waals surface area contributed by atoms with Crippen LogP contribution in [-0.2, 0) is 20.6 Å². The van der Waals surface area contributed by atoms with E-state index >= 15 is 0 Å². The van der Waals surface area contributed by atoms with Crippen LogP contribution in [0.5, 0.6) is 0 Å². The van der Waals surface area contributed by atoms with Crippen molar-refractivity contribution in [2.45, 2.75) is 44.9 Å². The second-order valence-corrected chi connectivity index (χ2v) is 11.3. The summed E-state index contributed by atoms with van der Waals surface area (Å²) >= 11 is 11.9. The number of carbonyl (C=O) groups excluding carboxylic acids is 2. The normalized spacial score (nSPS) is 16.1. The van der Waals surface area contributed by atoms with Gasteiger partial charge >= 0.3 is 0 Å². The quantitative estimate of drug-likeness (QED) is 0.521. The Kier molecular flexibility index (Phi) is 8.98. The van der Waals surface area contributed by atoms with Crippen LogP contribution in [0.3, 0.4) is 0 Å². The molecule has 1 atom stereocenters. The van der Waals surface area contributed by atoms with Crippen LogP contribution in [-0.4, -0.2) is 43.7 Å². The Bertz CT molecular complexity index is 1150. The highest BCUT2D eigenvalue weighted by Gasteiger charge is 2.31. The van der Waals surface area contributed by atoms with Crippen LogP contribution in [0.1, 0.15) is 49.0 Å². The van der Waals surface area contributed by atoms with Gasteiger partial charge in [-0.15, -0.1) is 0 Å². The van der Waals surface area contributed by atoms with Crippen LogP contribution in [0, 0.1) is 5.92 Å². The first-order chi connectivity index (χ1) is 16.1. The summed E-state index contributed by atoms with van der Waals surface area (Å²) in [6.45, 7) is 4.40. The summed E-state index contributed by atoms with van der Waals surface area (Å²) < 4.78 is 27.1. The van der Waals surface area contributed by atoms with E-state index in [1.165, 1.54) is 4.31 Å². The zero-order valence-corrected chi connectivity index (χ0v) is 21.5. The minimum Gasteiger partial charge on any atom is -0.350 e. The lowest BCUT2D eigenvalue weighted by atomic mass is 9.97. The van der Waals surface area contributed by atoms with Gasteiger partial charge in [-0.2, -0.15) is 0 Å². The zero-order valence-electron chi connectivity index (χ0n) is 19.2. The van der Waals surface area contributed by atoms with E-state index in [2.05, 4.69) is 10.6 Å². The number of halogens is 2. The minimum absolute atomic E-state index is 0.0198. The van der Waals surface area contributed by atoms with Crippen LogP contribution >= 0.6 is 23.2 Å². The molecule has 34 heavy (non-hydrogen) atoms. The molecule has 1 heterocycles. The maximum absolute atomic E-state index is 12.9. The van der Waals surface area contributed by atoms with Gasteiger partial charge in [0.05, 0.1) is 27.0 Å². The second-order valence-electron chi connectivity index (χ2n) is 8.50. The number of piperidine rings is 1. The van der Waals surface area contributed by atoms with Crippen LogP contribution in [0.25, 0.3) is 0 Å². The Balaban J connectivity index is 1.60. The van der Waals surface area contributed by atoms with Gasteiger partial charge in [-0.1, -0.05) is 48.3 Å². The Morgan fingerprint density at radius 2 is 1.76 bits per heavy atom. The molecule has 2 aromatic carbocycles. The van der Waals surface area contributed by atoms with Crippen LogP contribution < -0.4 is 10.6 Å². The van der Waals surface area contributed by atoms with Crippen LogP contribution in [0.2, 0.25) is 10.0 Å². The highest BCUT2D eigenvalue weighted by atomic mass is 35.5. The fourth-order valence-electron chi connectivity index (χ4n) is 3.76. The van der Waals surface area contributed by atoms with E-state index in [9.17, 15) is 18.0 Å². The number of carbonyl (C=O) groups is 2. The molecule has 1 fully saturated rings. The van der Waals surface area contributed by atoms with Gasteiger partial charge in [0, 0.05) is 25.0 Å². The molecule has 0 radical (unpaired) electrons. The predicted octanol–water partition coefficient (Wildman–Crippen LogP) is 4.70. The molecular formula is C24H29Cl2N3O4S. The molecule has 1 saturated heterocycles. The van der Waals surface area contributed by atoms with E-state index in [-0.39, 0.29) is 42.6 Å². The molecule has 0 aliphatic carbocycles. The summed E-state index contributed by atoms with van der Waals surface area (Å²) in [6, 6.07) is 11.7. The Hall–Kier alpha value is -2.13. The van der Waals surface area contributed by atoms with Gasteiger partial charge in [0.1, 0.15) is 0 Å². The lowest BCUT2D eigenvalue weighted by Gasteiger charge is -2.30. The first-order valence-corrected chi connectivity index (χ1v) is 13.6. The SMILES string of the molecule is CC[C@@H](C)NC(=O)c1ccccc1NC(=O)C1CCN(S(=O)(=O)Cc2ccc(Cl)c(Cl)c2)CC1. The molecule has 0 saturated carbocycles. The molecule has 10 heteroatoms. The molecule has 2 amide bonds. The maximum atomic E-state index is 12.9. The van der Waals surface area contributed by atoms with E-state index in [1.54, 1.807) is 42.5 Å². The van der Waals surface area contributed by atoms with Crippen LogP contribution in [0.4, 0.5) is 5.69 Å². The summed E-state index contributed by atoms with van der Waals surface area (Å²) in [5.74, 6) is -0.986. The van der Waals surface area contributed by atoms with Crippen molar-refractivity contribution in [3.8, 4) is 0 Å². The average Bonchev–Trinajstić information content (AvgIpc) is 2.81. The molecule has 0 spiro atoms. The molecule has 0 unspecified atom stereocenters. The minimum atomic E-state index is -3.56. The molecule has 1 aliphatic heterocycles. The highest BCUT2D eigenvalue weighted by Crippen LogP contribution is 2.27. The van der Waals surface area contributed by atoms with Crippen molar-refractivity contribution < 1.29 is 18.0 Å². The van der Waals surface area contributed by atoms with Gasteiger partial charge < -0.3 is 10.6 Å². The van der Waals surface area contributed by atoms with Gasteiger partial charge in [-0.25, -0.2) is 12.7 Å². The summed E-state index contributed by atoms with van der Waals surface area (Å²) in [7, 11) is -3.56. The molecular weight excluding hydrogens is 497 g/mol. The molecule has 0 aromatic heterocycles.